The third-order valence-corrected chi connectivity index (χ3v) is 4.26. The molecule has 23 heavy (non-hydrogen) atoms. The van der Waals surface area contributed by atoms with E-state index in [4.69, 9.17) is 0 Å². The molecule has 0 radical (unpaired) electrons. The zero-order valence-corrected chi connectivity index (χ0v) is 13.9. The van der Waals surface area contributed by atoms with Crippen LogP contribution in [0, 0.1) is 0 Å². The summed E-state index contributed by atoms with van der Waals surface area (Å²) in [6.45, 7) is 7.53. The molecule has 0 bridgehead atoms. The van der Waals surface area contributed by atoms with Crippen molar-refractivity contribution in [3.63, 3.8) is 0 Å². The first kappa shape index (κ1) is 17.5. The molecular formula is C21H27NO. The normalized spacial score (nSPS) is 13.7. The minimum atomic E-state index is -0.347. The van der Waals surface area contributed by atoms with Crippen LogP contribution in [0.5, 0.6) is 0 Å². The van der Waals surface area contributed by atoms with Crippen molar-refractivity contribution in [3.8, 4) is 0 Å². The fourth-order valence-electron chi connectivity index (χ4n) is 2.75. The average Bonchev–Trinajstić information content (AvgIpc) is 2.60. The molecule has 2 rings (SSSR count). The molecule has 0 aliphatic carbocycles. The van der Waals surface area contributed by atoms with E-state index < -0.39 is 0 Å². The Morgan fingerprint density at radius 1 is 0.957 bits per heavy atom. The highest BCUT2D eigenvalue weighted by molar-refractivity contribution is 5.17. The average molecular weight is 309 g/mol. The lowest BCUT2D eigenvalue weighted by atomic mass is 10.0. The SMILES string of the molecule is C=CCC[C@@H](O)[C@H](C)N(Cc1ccccc1)Cc1ccccc1. The first-order chi connectivity index (χ1) is 11.2. The van der Waals surface area contributed by atoms with Gasteiger partial charge >= 0.3 is 0 Å². The van der Waals surface area contributed by atoms with Crippen molar-refractivity contribution in [1.29, 1.82) is 0 Å². The van der Waals surface area contributed by atoms with E-state index in [1.165, 1.54) is 11.1 Å². The maximum absolute atomic E-state index is 10.5. The molecule has 0 saturated carbocycles. The van der Waals surface area contributed by atoms with Gasteiger partial charge in [0.25, 0.3) is 0 Å². The summed E-state index contributed by atoms with van der Waals surface area (Å²) in [6, 6.07) is 21.0. The Balaban J connectivity index is 2.11. The highest BCUT2D eigenvalue weighted by atomic mass is 16.3. The topological polar surface area (TPSA) is 23.5 Å². The van der Waals surface area contributed by atoms with Gasteiger partial charge in [-0.3, -0.25) is 4.90 Å². The van der Waals surface area contributed by atoms with Crippen LogP contribution < -0.4 is 0 Å². The summed E-state index contributed by atoms with van der Waals surface area (Å²) in [7, 11) is 0. The van der Waals surface area contributed by atoms with Gasteiger partial charge in [-0.2, -0.15) is 0 Å². The molecule has 2 atom stereocenters. The molecule has 0 fully saturated rings. The number of rotatable bonds is 9. The van der Waals surface area contributed by atoms with E-state index in [0.29, 0.717) is 0 Å². The van der Waals surface area contributed by atoms with Crippen LogP contribution in [0.3, 0.4) is 0 Å². The number of nitrogens with zero attached hydrogens (tertiary/aromatic N) is 1. The van der Waals surface area contributed by atoms with Gasteiger partial charge in [-0.15, -0.1) is 6.58 Å². The van der Waals surface area contributed by atoms with Gasteiger partial charge in [0.05, 0.1) is 6.10 Å². The van der Waals surface area contributed by atoms with Gasteiger partial charge in [0, 0.05) is 19.1 Å². The van der Waals surface area contributed by atoms with E-state index in [2.05, 4.69) is 66.9 Å². The van der Waals surface area contributed by atoms with Crippen LogP contribution in [-0.4, -0.2) is 22.2 Å². The summed E-state index contributed by atoms with van der Waals surface area (Å²) in [5.74, 6) is 0. The molecule has 2 nitrogen and oxygen atoms in total. The van der Waals surface area contributed by atoms with Crippen molar-refractivity contribution in [1.82, 2.24) is 4.90 Å². The second-order valence-corrected chi connectivity index (χ2v) is 6.05. The minimum absolute atomic E-state index is 0.0929. The first-order valence-corrected chi connectivity index (χ1v) is 8.31. The quantitative estimate of drug-likeness (QED) is 0.694. The van der Waals surface area contributed by atoms with Crippen molar-refractivity contribution in [3.05, 3.63) is 84.4 Å². The molecule has 0 saturated heterocycles. The third kappa shape index (κ3) is 5.66. The Morgan fingerprint density at radius 3 is 1.87 bits per heavy atom. The van der Waals surface area contributed by atoms with Crippen LogP contribution in [0.4, 0.5) is 0 Å². The van der Waals surface area contributed by atoms with Crippen molar-refractivity contribution < 1.29 is 5.11 Å². The van der Waals surface area contributed by atoms with Gasteiger partial charge in [-0.1, -0.05) is 66.7 Å². The van der Waals surface area contributed by atoms with Crippen LogP contribution in [0.1, 0.15) is 30.9 Å². The van der Waals surface area contributed by atoms with Crippen LogP contribution in [0.15, 0.2) is 73.3 Å². The summed E-state index contributed by atoms with van der Waals surface area (Å²) in [4.78, 5) is 2.35. The van der Waals surface area contributed by atoms with E-state index in [0.717, 1.165) is 25.9 Å². The Labute approximate surface area is 140 Å². The number of aliphatic hydroxyl groups is 1. The second-order valence-electron chi connectivity index (χ2n) is 6.05. The summed E-state index contributed by atoms with van der Waals surface area (Å²) in [6.07, 6.45) is 3.12. The zero-order valence-electron chi connectivity index (χ0n) is 13.9. The number of hydrogen-bond acceptors (Lipinski definition) is 2. The molecule has 2 heteroatoms. The lowest BCUT2D eigenvalue weighted by molar-refractivity contribution is 0.0444. The van der Waals surface area contributed by atoms with E-state index in [1.54, 1.807) is 0 Å². The van der Waals surface area contributed by atoms with Gasteiger partial charge in [0.1, 0.15) is 0 Å². The predicted molar refractivity (Wildman–Crippen MR) is 97.0 cm³/mol. The van der Waals surface area contributed by atoms with Gasteiger partial charge in [-0.05, 0) is 30.9 Å². The summed E-state index contributed by atoms with van der Waals surface area (Å²) < 4.78 is 0. The largest absolute Gasteiger partial charge is 0.391 e. The molecule has 0 spiro atoms. The zero-order chi connectivity index (χ0) is 16.5. The summed E-state index contributed by atoms with van der Waals surface area (Å²) in [5, 5.41) is 10.5. The standard InChI is InChI=1S/C21H27NO/c1-3-4-15-21(23)18(2)22(16-19-11-7-5-8-12-19)17-20-13-9-6-10-14-20/h3,5-14,18,21,23H,1,4,15-17H2,2H3/t18-,21+/m0/s1. The summed E-state index contributed by atoms with van der Waals surface area (Å²) in [5.41, 5.74) is 2.54. The maximum Gasteiger partial charge on any atom is 0.0695 e. The highest BCUT2D eigenvalue weighted by Crippen LogP contribution is 2.17. The lowest BCUT2D eigenvalue weighted by Crippen LogP contribution is -2.40. The minimum Gasteiger partial charge on any atom is -0.391 e. The molecular weight excluding hydrogens is 282 g/mol. The molecule has 0 heterocycles. The fourth-order valence-corrected chi connectivity index (χ4v) is 2.75. The Kier molecular flexibility index (Phi) is 7.05. The third-order valence-electron chi connectivity index (χ3n) is 4.26. The molecule has 2 aromatic rings. The number of aliphatic hydroxyl groups excluding tert-OH is 1. The molecule has 0 aliphatic rings. The lowest BCUT2D eigenvalue weighted by Gasteiger charge is -2.32. The van der Waals surface area contributed by atoms with Gasteiger partial charge < -0.3 is 5.11 Å². The van der Waals surface area contributed by atoms with Crippen LogP contribution in [0.2, 0.25) is 0 Å². The van der Waals surface area contributed by atoms with E-state index in [9.17, 15) is 5.11 Å². The molecule has 122 valence electrons. The smallest absolute Gasteiger partial charge is 0.0695 e. The van der Waals surface area contributed by atoms with Crippen molar-refractivity contribution >= 4 is 0 Å². The first-order valence-electron chi connectivity index (χ1n) is 8.31. The number of benzene rings is 2. The predicted octanol–water partition coefficient (Wildman–Crippen LogP) is 4.40. The van der Waals surface area contributed by atoms with Gasteiger partial charge in [0.15, 0.2) is 0 Å². The van der Waals surface area contributed by atoms with E-state index >= 15 is 0 Å². The van der Waals surface area contributed by atoms with Crippen LogP contribution in [-0.2, 0) is 13.1 Å². The molecule has 0 aromatic heterocycles. The molecule has 0 aliphatic heterocycles. The fraction of sp³-hybridized carbons (Fsp3) is 0.333. The second kappa shape index (κ2) is 9.29. The number of allylic oxidation sites excluding steroid dienone is 1. The maximum atomic E-state index is 10.5. The molecule has 0 unspecified atom stereocenters. The van der Waals surface area contributed by atoms with Crippen molar-refractivity contribution in [2.45, 2.75) is 45.0 Å². The van der Waals surface area contributed by atoms with Gasteiger partial charge in [-0.25, -0.2) is 0 Å². The van der Waals surface area contributed by atoms with Crippen molar-refractivity contribution in [2.75, 3.05) is 0 Å². The van der Waals surface area contributed by atoms with E-state index in [-0.39, 0.29) is 12.1 Å². The molecule has 1 N–H and O–H groups in total. The number of hydrogen-bond donors (Lipinski definition) is 1. The monoisotopic (exact) mass is 309 g/mol. The van der Waals surface area contributed by atoms with Gasteiger partial charge in [0.2, 0.25) is 0 Å². The van der Waals surface area contributed by atoms with Crippen molar-refractivity contribution in [2.24, 2.45) is 0 Å². The van der Waals surface area contributed by atoms with Crippen LogP contribution in [0.25, 0.3) is 0 Å². The Hall–Kier alpha value is -1.90. The highest BCUT2D eigenvalue weighted by Gasteiger charge is 2.21. The van der Waals surface area contributed by atoms with Crippen LogP contribution >= 0.6 is 0 Å². The summed E-state index contributed by atoms with van der Waals surface area (Å²) >= 11 is 0. The Morgan fingerprint density at radius 2 is 1.43 bits per heavy atom. The van der Waals surface area contributed by atoms with E-state index in [1.807, 2.05) is 18.2 Å². The molecule has 0 amide bonds. The Bertz CT molecular complexity index is 525. The molecule has 2 aromatic carbocycles.